The largest absolute Gasteiger partial charge is 0.379 e. The molecule has 0 aliphatic carbocycles. The second-order valence-electron chi connectivity index (χ2n) is 15.4. The number of fused-ring (bicyclic) bond motifs is 2. The van der Waals surface area contributed by atoms with Crippen molar-refractivity contribution in [1.29, 1.82) is 0 Å². The van der Waals surface area contributed by atoms with Gasteiger partial charge < -0.3 is 29.4 Å². The Morgan fingerprint density at radius 2 is 1.06 bits per heavy atom. The summed E-state index contributed by atoms with van der Waals surface area (Å²) in [6, 6.07) is 28.7. The highest BCUT2D eigenvalue weighted by Gasteiger charge is 2.13. The average molecular weight is 827 g/mol. The maximum absolute atomic E-state index is 11.9. The Morgan fingerprint density at radius 3 is 1.63 bits per heavy atom. The zero-order chi connectivity index (χ0) is 42.1. The van der Waals surface area contributed by atoms with E-state index in [1.807, 2.05) is 42.6 Å². The van der Waals surface area contributed by atoms with Crippen molar-refractivity contribution in [2.45, 2.75) is 25.9 Å². The van der Waals surface area contributed by atoms with Crippen molar-refractivity contribution >= 4 is 22.1 Å². The van der Waals surface area contributed by atoms with Gasteiger partial charge in [0, 0.05) is 85.4 Å². The van der Waals surface area contributed by atoms with E-state index in [0.717, 1.165) is 112 Å². The second-order valence-corrected chi connectivity index (χ2v) is 15.4. The van der Waals surface area contributed by atoms with Gasteiger partial charge in [0.1, 0.15) is 17.0 Å². The van der Waals surface area contributed by atoms with Gasteiger partial charge in [-0.1, -0.05) is 42.3 Å². The van der Waals surface area contributed by atoms with Crippen molar-refractivity contribution in [3.63, 3.8) is 0 Å². The molecule has 0 spiro atoms. The first-order chi connectivity index (χ1) is 30.5. The van der Waals surface area contributed by atoms with Crippen LogP contribution in [0.15, 0.2) is 120 Å². The number of hydrogen-bond donors (Lipinski definition) is 4. The van der Waals surface area contributed by atoms with Crippen molar-refractivity contribution in [3.8, 4) is 34.4 Å². The number of aromatic amines is 4. The first-order valence-electron chi connectivity index (χ1n) is 20.8. The smallest absolute Gasteiger partial charge is 0.260 e. The molecule has 0 amide bonds. The van der Waals surface area contributed by atoms with Crippen LogP contribution in [0.3, 0.4) is 0 Å². The molecule has 62 heavy (non-hydrogen) atoms. The number of hydrogen-bond acceptors (Lipinski definition) is 10. The van der Waals surface area contributed by atoms with Gasteiger partial charge in [0.25, 0.3) is 11.1 Å². The number of morpholine rings is 2. The molecule has 8 aromatic rings. The van der Waals surface area contributed by atoms with E-state index in [2.05, 4.69) is 104 Å². The number of ether oxygens (including phenoxy) is 2. The summed E-state index contributed by atoms with van der Waals surface area (Å²) < 4.78 is 10.8. The van der Waals surface area contributed by atoms with E-state index >= 15 is 0 Å². The fourth-order valence-electron chi connectivity index (χ4n) is 7.61. The van der Waals surface area contributed by atoms with Crippen LogP contribution in [-0.2, 0) is 35.4 Å². The molecule has 14 nitrogen and oxygen atoms in total. The van der Waals surface area contributed by atoms with E-state index < -0.39 is 0 Å². The van der Waals surface area contributed by atoms with Crippen LogP contribution in [0.5, 0.6) is 0 Å². The van der Waals surface area contributed by atoms with Gasteiger partial charge >= 0.3 is 0 Å². The van der Waals surface area contributed by atoms with Crippen LogP contribution in [-0.4, -0.2) is 102 Å². The van der Waals surface area contributed by atoms with Crippen molar-refractivity contribution in [1.82, 2.24) is 49.7 Å². The zero-order valence-electron chi connectivity index (χ0n) is 34.2. The number of pyridine rings is 2. The lowest BCUT2D eigenvalue weighted by molar-refractivity contribution is 0.0341. The molecule has 0 unspecified atom stereocenters. The molecule has 0 bridgehead atoms. The lowest BCUT2D eigenvalue weighted by atomic mass is 10.0. The Kier molecular flexibility index (Phi) is 12.5. The summed E-state index contributed by atoms with van der Waals surface area (Å²) in [4.78, 5) is 57.5. The maximum Gasteiger partial charge on any atom is 0.260 e. The second kappa shape index (κ2) is 19.1. The minimum absolute atomic E-state index is 0.140. The average Bonchev–Trinajstić information content (AvgIpc) is 3.97. The fraction of sp³-hybridized carbons (Fsp3) is 0.250. The predicted molar refractivity (Wildman–Crippen MR) is 238 cm³/mol. The predicted octanol–water partition coefficient (Wildman–Crippen LogP) is 5.48. The molecular weight excluding hydrogens is 781 g/mol. The summed E-state index contributed by atoms with van der Waals surface area (Å²) >= 11 is 0. The van der Waals surface area contributed by atoms with E-state index in [1.54, 1.807) is 12.3 Å². The summed E-state index contributed by atoms with van der Waals surface area (Å²) in [7, 11) is 0. The molecule has 2 aromatic carbocycles. The summed E-state index contributed by atoms with van der Waals surface area (Å²) in [5.41, 5.74) is 11.0. The van der Waals surface area contributed by atoms with E-state index in [9.17, 15) is 9.59 Å². The Balaban J connectivity index is 0.000000158. The highest BCUT2D eigenvalue weighted by molar-refractivity contribution is 5.83. The number of benzene rings is 2. The molecule has 312 valence electrons. The van der Waals surface area contributed by atoms with E-state index in [-0.39, 0.29) is 11.1 Å². The normalized spacial score (nSPS) is 14.6. The monoisotopic (exact) mass is 826 g/mol. The minimum atomic E-state index is -0.168. The van der Waals surface area contributed by atoms with Gasteiger partial charge in [-0.3, -0.25) is 24.4 Å². The Hall–Kier alpha value is -7.02. The van der Waals surface area contributed by atoms with Crippen LogP contribution < -0.4 is 11.1 Å². The number of nitrogens with one attached hydrogen (secondary N) is 4. The molecular formula is C48H46N10O4. The third kappa shape index (κ3) is 10.1. The van der Waals surface area contributed by atoms with E-state index in [1.165, 1.54) is 29.3 Å². The SMILES string of the molecule is O=c1[nH]cnc2[nH]c(-c3ccnc(C#Cc4ccc(CN5CCOCC5)cc4)c3)cc12.O=c1[nH]cnc2[nH]c(-c3ccnc(CCc4ccc(CN5CCOCC5)cc4)c3)cc12. The van der Waals surface area contributed by atoms with Crippen LogP contribution in [0.1, 0.15) is 33.6 Å². The standard InChI is InChI=1S/C24H25N5O2.C24H21N5O2/c2*30-24-21-14-22(28-23(21)26-16-27-24)19-7-8-25-20(13-19)6-5-17-1-3-18(4-2-17)15-29-9-11-31-12-10-29/h1-4,7-8,13-14,16H,5-6,9-12,15H2,(H2,26,27,28,30);1-4,7-8,13-14,16H,9-12,15H2,(H2,26,27,28,30). The molecule has 2 fully saturated rings. The molecule has 10 rings (SSSR count). The van der Waals surface area contributed by atoms with Gasteiger partial charge in [-0.25, -0.2) is 15.0 Å². The van der Waals surface area contributed by atoms with Crippen molar-refractivity contribution in [3.05, 3.63) is 164 Å². The highest BCUT2D eigenvalue weighted by Crippen LogP contribution is 2.23. The quantitative estimate of drug-likeness (QED) is 0.137. The Bertz CT molecular complexity index is 2950. The van der Waals surface area contributed by atoms with Gasteiger partial charge in [-0.15, -0.1) is 0 Å². The molecule has 8 heterocycles. The van der Waals surface area contributed by atoms with E-state index in [4.69, 9.17) is 9.47 Å². The lowest BCUT2D eigenvalue weighted by Gasteiger charge is -2.26. The van der Waals surface area contributed by atoms with Crippen LogP contribution >= 0.6 is 0 Å². The van der Waals surface area contributed by atoms with Gasteiger partial charge in [0.15, 0.2) is 0 Å². The Morgan fingerprint density at radius 1 is 0.548 bits per heavy atom. The van der Waals surface area contributed by atoms with Crippen molar-refractivity contribution in [2.24, 2.45) is 0 Å². The fourth-order valence-corrected chi connectivity index (χ4v) is 7.61. The van der Waals surface area contributed by atoms with Crippen LogP contribution in [0.25, 0.3) is 44.6 Å². The highest BCUT2D eigenvalue weighted by atomic mass is 16.5. The topological polar surface area (TPSA) is 174 Å². The summed E-state index contributed by atoms with van der Waals surface area (Å²) in [5.74, 6) is 6.31. The first-order valence-corrected chi connectivity index (χ1v) is 20.8. The van der Waals surface area contributed by atoms with Crippen molar-refractivity contribution < 1.29 is 9.47 Å². The van der Waals surface area contributed by atoms with Crippen LogP contribution in [0.2, 0.25) is 0 Å². The molecule has 0 atom stereocenters. The number of rotatable bonds is 9. The molecule has 2 aliphatic rings. The van der Waals surface area contributed by atoms with Crippen LogP contribution in [0.4, 0.5) is 0 Å². The van der Waals surface area contributed by atoms with Gasteiger partial charge in [0.2, 0.25) is 0 Å². The number of aromatic nitrogens is 8. The van der Waals surface area contributed by atoms with Gasteiger partial charge in [-0.05, 0) is 84.0 Å². The zero-order valence-corrected chi connectivity index (χ0v) is 34.2. The van der Waals surface area contributed by atoms with Crippen LogP contribution in [0, 0.1) is 11.8 Å². The van der Waals surface area contributed by atoms with Gasteiger partial charge in [-0.2, -0.15) is 0 Å². The number of H-pyrrole nitrogens is 4. The molecule has 14 heteroatoms. The lowest BCUT2D eigenvalue weighted by Crippen LogP contribution is -2.35. The molecule has 2 saturated heterocycles. The third-order valence-corrected chi connectivity index (χ3v) is 11.1. The third-order valence-electron chi connectivity index (χ3n) is 11.1. The molecule has 6 aromatic heterocycles. The first kappa shape index (κ1) is 40.4. The number of nitrogens with zero attached hydrogens (tertiary/aromatic N) is 6. The number of aryl methyl sites for hydroxylation is 2. The molecule has 4 N–H and O–H groups in total. The van der Waals surface area contributed by atoms with Gasteiger partial charge in [0.05, 0.1) is 49.9 Å². The summed E-state index contributed by atoms with van der Waals surface area (Å²) in [5, 5.41) is 1.09. The molecule has 0 saturated carbocycles. The van der Waals surface area contributed by atoms with E-state index in [0.29, 0.717) is 27.8 Å². The summed E-state index contributed by atoms with van der Waals surface area (Å²) in [6.45, 7) is 9.15. The maximum atomic E-state index is 11.9. The molecule has 2 aliphatic heterocycles. The summed E-state index contributed by atoms with van der Waals surface area (Å²) in [6.07, 6.45) is 8.13. The minimum Gasteiger partial charge on any atom is -0.379 e. The Labute approximate surface area is 357 Å². The molecule has 0 radical (unpaired) electrons. The van der Waals surface area contributed by atoms with Crippen molar-refractivity contribution in [2.75, 3.05) is 52.6 Å².